The maximum atomic E-state index is 11.8. The molecular weight excluding hydrogens is 278 g/mol. The SMILES string of the molecule is C[C@@H]1CCCN(c2ccc(CNC(=O)c3cn[nH]n3)cc2)C1. The first kappa shape index (κ1) is 14.6. The summed E-state index contributed by atoms with van der Waals surface area (Å²) in [4.78, 5) is 14.2. The van der Waals surface area contributed by atoms with Gasteiger partial charge in [-0.05, 0) is 36.5 Å². The smallest absolute Gasteiger partial charge is 0.273 e. The van der Waals surface area contributed by atoms with Gasteiger partial charge in [0.05, 0.1) is 6.20 Å². The molecule has 0 spiro atoms. The van der Waals surface area contributed by atoms with Crippen LogP contribution in [0.25, 0.3) is 0 Å². The molecule has 0 aliphatic carbocycles. The molecule has 1 saturated heterocycles. The van der Waals surface area contributed by atoms with Gasteiger partial charge in [-0.1, -0.05) is 19.1 Å². The molecule has 0 unspecified atom stereocenters. The maximum absolute atomic E-state index is 11.8. The Balaban J connectivity index is 1.56. The minimum absolute atomic E-state index is 0.220. The van der Waals surface area contributed by atoms with E-state index in [-0.39, 0.29) is 5.91 Å². The van der Waals surface area contributed by atoms with Crippen LogP contribution in [0.3, 0.4) is 0 Å². The number of amides is 1. The minimum Gasteiger partial charge on any atom is -0.371 e. The zero-order valence-electron chi connectivity index (χ0n) is 12.7. The third-order valence-corrected chi connectivity index (χ3v) is 4.06. The second kappa shape index (κ2) is 6.60. The molecule has 1 aliphatic heterocycles. The summed E-state index contributed by atoms with van der Waals surface area (Å²) in [5.74, 6) is 0.540. The number of piperidine rings is 1. The number of hydrogen-bond donors (Lipinski definition) is 2. The van der Waals surface area contributed by atoms with E-state index in [9.17, 15) is 4.79 Å². The van der Waals surface area contributed by atoms with Crippen molar-refractivity contribution in [2.24, 2.45) is 5.92 Å². The van der Waals surface area contributed by atoms with Crippen LogP contribution in [0.15, 0.2) is 30.5 Å². The summed E-state index contributed by atoms with van der Waals surface area (Å²) in [6.45, 7) is 5.05. The van der Waals surface area contributed by atoms with Crippen LogP contribution in [0.5, 0.6) is 0 Å². The Morgan fingerprint density at radius 1 is 1.41 bits per heavy atom. The Hall–Kier alpha value is -2.37. The van der Waals surface area contributed by atoms with Gasteiger partial charge in [-0.25, -0.2) is 0 Å². The fourth-order valence-electron chi connectivity index (χ4n) is 2.83. The quantitative estimate of drug-likeness (QED) is 0.905. The zero-order chi connectivity index (χ0) is 15.4. The molecule has 6 heteroatoms. The molecule has 2 N–H and O–H groups in total. The molecule has 1 aromatic carbocycles. The van der Waals surface area contributed by atoms with E-state index < -0.39 is 0 Å². The van der Waals surface area contributed by atoms with E-state index in [1.165, 1.54) is 24.7 Å². The lowest BCUT2D eigenvalue weighted by Crippen LogP contribution is -2.34. The molecule has 1 atom stereocenters. The monoisotopic (exact) mass is 299 g/mol. The van der Waals surface area contributed by atoms with Crippen molar-refractivity contribution in [3.05, 3.63) is 41.7 Å². The maximum Gasteiger partial charge on any atom is 0.273 e. The van der Waals surface area contributed by atoms with Crippen molar-refractivity contribution in [2.45, 2.75) is 26.3 Å². The van der Waals surface area contributed by atoms with E-state index >= 15 is 0 Å². The van der Waals surface area contributed by atoms with Gasteiger partial charge in [0.15, 0.2) is 5.69 Å². The van der Waals surface area contributed by atoms with E-state index in [0.29, 0.717) is 12.2 Å². The summed E-state index contributed by atoms with van der Waals surface area (Å²) in [6.07, 6.45) is 4.00. The topological polar surface area (TPSA) is 73.9 Å². The summed E-state index contributed by atoms with van der Waals surface area (Å²) < 4.78 is 0. The van der Waals surface area contributed by atoms with Gasteiger partial charge in [0.2, 0.25) is 0 Å². The van der Waals surface area contributed by atoms with Gasteiger partial charge in [-0.3, -0.25) is 4.79 Å². The average Bonchev–Trinajstić information content (AvgIpc) is 3.08. The molecule has 0 bridgehead atoms. The lowest BCUT2D eigenvalue weighted by Gasteiger charge is -2.32. The van der Waals surface area contributed by atoms with E-state index in [1.54, 1.807) is 0 Å². The molecule has 2 heterocycles. The Bertz CT molecular complexity index is 608. The Morgan fingerprint density at radius 2 is 2.23 bits per heavy atom. The summed E-state index contributed by atoms with van der Waals surface area (Å²) >= 11 is 0. The van der Waals surface area contributed by atoms with Crippen LogP contribution in [0.1, 0.15) is 35.8 Å². The van der Waals surface area contributed by atoms with Crippen LogP contribution in [0.4, 0.5) is 5.69 Å². The second-order valence-electron chi connectivity index (χ2n) is 5.90. The number of carbonyl (C=O) groups is 1. The van der Waals surface area contributed by atoms with Crippen molar-refractivity contribution in [1.29, 1.82) is 0 Å². The molecule has 22 heavy (non-hydrogen) atoms. The number of nitrogens with one attached hydrogen (secondary N) is 2. The fraction of sp³-hybridized carbons (Fsp3) is 0.438. The molecule has 2 aromatic rings. The molecule has 1 fully saturated rings. The lowest BCUT2D eigenvalue weighted by molar-refractivity contribution is 0.0946. The highest BCUT2D eigenvalue weighted by Crippen LogP contribution is 2.23. The number of nitrogens with zero attached hydrogens (tertiary/aromatic N) is 3. The molecule has 0 radical (unpaired) electrons. The van der Waals surface area contributed by atoms with Crippen molar-refractivity contribution < 1.29 is 4.79 Å². The number of carbonyl (C=O) groups excluding carboxylic acids is 1. The molecule has 6 nitrogen and oxygen atoms in total. The molecule has 116 valence electrons. The van der Waals surface area contributed by atoms with Crippen molar-refractivity contribution in [2.75, 3.05) is 18.0 Å². The van der Waals surface area contributed by atoms with Crippen LogP contribution < -0.4 is 10.2 Å². The van der Waals surface area contributed by atoms with Gasteiger partial charge < -0.3 is 10.2 Å². The molecule has 1 aromatic heterocycles. The van der Waals surface area contributed by atoms with Gasteiger partial charge in [-0.2, -0.15) is 15.4 Å². The number of H-pyrrole nitrogens is 1. The van der Waals surface area contributed by atoms with Gasteiger partial charge in [0.1, 0.15) is 0 Å². The number of aromatic nitrogens is 3. The number of benzene rings is 1. The van der Waals surface area contributed by atoms with E-state index in [0.717, 1.165) is 24.6 Å². The Morgan fingerprint density at radius 3 is 2.91 bits per heavy atom. The summed E-state index contributed by atoms with van der Waals surface area (Å²) in [6, 6.07) is 8.40. The highest BCUT2D eigenvalue weighted by molar-refractivity contribution is 5.91. The number of hydrogen-bond acceptors (Lipinski definition) is 4. The van der Waals surface area contributed by atoms with Crippen LogP contribution in [0.2, 0.25) is 0 Å². The van der Waals surface area contributed by atoms with Gasteiger partial charge in [0.25, 0.3) is 5.91 Å². The predicted molar refractivity (Wildman–Crippen MR) is 84.6 cm³/mol. The van der Waals surface area contributed by atoms with Crippen molar-refractivity contribution in [1.82, 2.24) is 20.7 Å². The van der Waals surface area contributed by atoms with E-state index in [4.69, 9.17) is 0 Å². The Kier molecular flexibility index (Phi) is 4.37. The first-order chi connectivity index (χ1) is 10.7. The third kappa shape index (κ3) is 3.44. The van der Waals surface area contributed by atoms with E-state index in [2.05, 4.69) is 56.8 Å². The number of rotatable bonds is 4. The zero-order valence-corrected chi connectivity index (χ0v) is 12.7. The first-order valence-electron chi connectivity index (χ1n) is 7.70. The first-order valence-corrected chi connectivity index (χ1v) is 7.70. The summed E-state index contributed by atoms with van der Waals surface area (Å²) in [7, 11) is 0. The van der Waals surface area contributed by atoms with Gasteiger partial charge >= 0.3 is 0 Å². The van der Waals surface area contributed by atoms with Crippen molar-refractivity contribution >= 4 is 11.6 Å². The van der Waals surface area contributed by atoms with Crippen molar-refractivity contribution in [3.63, 3.8) is 0 Å². The minimum atomic E-state index is -0.220. The largest absolute Gasteiger partial charge is 0.371 e. The van der Waals surface area contributed by atoms with E-state index in [1.807, 2.05) is 0 Å². The highest BCUT2D eigenvalue weighted by atomic mass is 16.1. The molecule has 3 rings (SSSR count). The molecule has 1 amide bonds. The molecule has 0 saturated carbocycles. The van der Waals surface area contributed by atoms with Crippen LogP contribution in [-0.4, -0.2) is 34.4 Å². The second-order valence-corrected chi connectivity index (χ2v) is 5.90. The number of anilines is 1. The highest BCUT2D eigenvalue weighted by Gasteiger charge is 2.16. The van der Waals surface area contributed by atoms with Crippen LogP contribution in [-0.2, 0) is 6.54 Å². The number of aromatic amines is 1. The molecule has 1 aliphatic rings. The van der Waals surface area contributed by atoms with Crippen LogP contribution in [0, 0.1) is 5.92 Å². The molecular formula is C16H21N5O. The fourth-order valence-corrected chi connectivity index (χ4v) is 2.83. The van der Waals surface area contributed by atoms with Gasteiger partial charge in [-0.15, -0.1) is 0 Å². The average molecular weight is 299 g/mol. The van der Waals surface area contributed by atoms with Gasteiger partial charge in [0, 0.05) is 25.3 Å². The normalized spacial score (nSPS) is 18.2. The standard InChI is InChI=1S/C16H21N5O/c1-12-3-2-8-21(11-12)14-6-4-13(5-7-14)9-17-16(22)15-10-18-20-19-15/h4-7,10,12H,2-3,8-9,11H2,1H3,(H,17,22)(H,18,19,20)/t12-/m1/s1. The predicted octanol–water partition coefficient (Wildman–Crippen LogP) is 1.97. The van der Waals surface area contributed by atoms with Crippen LogP contribution >= 0.6 is 0 Å². The third-order valence-electron chi connectivity index (χ3n) is 4.06. The summed E-state index contributed by atoms with van der Waals surface area (Å²) in [5.41, 5.74) is 2.64. The van der Waals surface area contributed by atoms with Crippen molar-refractivity contribution in [3.8, 4) is 0 Å². The lowest BCUT2D eigenvalue weighted by atomic mass is 9.99. The summed E-state index contributed by atoms with van der Waals surface area (Å²) in [5, 5.41) is 12.6. The Labute approximate surface area is 129 Å².